The maximum absolute atomic E-state index is 4.40. The molecule has 0 N–H and O–H groups in total. The second kappa shape index (κ2) is 4.35. The first-order valence-corrected chi connectivity index (χ1v) is 5.05. The summed E-state index contributed by atoms with van der Waals surface area (Å²) in [4.78, 5) is 8.53. The van der Waals surface area contributed by atoms with Gasteiger partial charge in [0.25, 0.3) is 0 Å². The summed E-state index contributed by atoms with van der Waals surface area (Å²) in [6.45, 7) is 6.67. The molecule has 1 aromatic rings. The lowest BCUT2D eigenvalue weighted by molar-refractivity contribution is 0.369. The van der Waals surface area contributed by atoms with Crippen LogP contribution in [0, 0.1) is 0 Å². The number of hydrogen-bond acceptors (Lipinski definition) is 2. The molecule has 0 saturated carbocycles. The molecule has 13 heavy (non-hydrogen) atoms. The van der Waals surface area contributed by atoms with Gasteiger partial charge in [-0.2, -0.15) is 0 Å². The molecule has 2 heteroatoms. The van der Waals surface area contributed by atoms with Gasteiger partial charge in [0.15, 0.2) is 0 Å². The van der Waals surface area contributed by atoms with Gasteiger partial charge in [-0.25, -0.2) is 0 Å². The van der Waals surface area contributed by atoms with Crippen molar-refractivity contribution < 1.29 is 0 Å². The molecule has 2 nitrogen and oxygen atoms in total. The highest BCUT2D eigenvalue weighted by molar-refractivity contribution is 5.12. The molecule has 0 fully saturated rings. The molecule has 0 unspecified atom stereocenters. The zero-order valence-electron chi connectivity index (χ0n) is 8.75. The van der Waals surface area contributed by atoms with E-state index in [9.17, 15) is 0 Å². The van der Waals surface area contributed by atoms with E-state index in [4.69, 9.17) is 0 Å². The normalized spacial score (nSPS) is 11.6. The monoisotopic (exact) mass is 178 g/mol. The third-order valence-electron chi connectivity index (χ3n) is 3.14. The lowest BCUT2D eigenvalue weighted by atomic mass is 9.77. The summed E-state index contributed by atoms with van der Waals surface area (Å²) in [5.74, 6) is 0. The minimum Gasteiger partial charge on any atom is -0.261 e. The molecule has 72 valence electrons. The van der Waals surface area contributed by atoms with Gasteiger partial charge in [0.05, 0.1) is 5.69 Å². The van der Waals surface area contributed by atoms with Crippen molar-refractivity contribution >= 4 is 0 Å². The maximum Gasteiger partial charge on any atom is 0.0647 e. The van der Waals surface area contributed by atoms with Crippen LogP contribution < -0.4 is 0 Å². The summed E-state index contributed by atoms with van der Waals surface area (Å²) in [5, 5.41) is 0. The Hall–Kier alpha value is -0.920. The predicted molar refractivity (Wildman–Crippen MR) is 54.6 cm³/mol. The number of rotatable bonds is 4. The van der Waals surface area contributed by atoms with Crippen LogP contribution in [0.3, 0.4) is 0 Å². The number of aromatic nitrogens is 2. The van der Waals surface area contributed by atoms with Crippen LogP contribution in [0.15, 0.2) is 18.6 Å². The fraction of sp³-hybridized carbons (Fsp3) is 0.636. The molecular weight excluding hydrogens is 160 g/mol. The number of nitrogens with zero attached hydrogens (tertiary/aromatic N) is 2. The van der Waals surface area contributed by atoms with Crippen molar-refractivity contribution in [2.24, 2.45) is 0 Å². The van der Waals surface area contributed by atoms with Crippen molar-refractivity contribution in [3.8, 4) is 0 Å². The first-order valence-electron chi connectivity index (χ1n) is 5.05. The third kappa shape index (κ3) is 1.87. The van der Waals surface area contributed by atoms with E-state index in [0.29, 0.717) is 0 Å². The fourth-order valence-electron chi connectivity index (χ4n) is 1.87. The van der Waals surface area contributed by atoms with Gasteiger partial charge in [0, 0.05) is 24.0 Å². The summed E-state index contributed by atoms with van der Waals surface area (Å²) in [5.41, 5.74) is 1.39. The van der Waals surface area contributed by atoms with Crippen molar-refractivity contribution in [2.75, 3.05) is 0 Å². The van der Waals surface area contributed by atoms with Crippen LogP contribution in [0.2, 0.25) is 0 Å². The highest BCUT2D eigenvalue weighted by Gasteiger charge is 2.27. The zero-order valence-corrected chi connectivity index (χ0v) is 8.75. The molecule has 0 saturated heterocycles. The zero-order chi connectivity index (χ0) is 9.73. The quantitative estimate of drug-likeness (QED) is 0.708. The van der Waals surface area contributed by atoms with Gasteiger partial charge in [0.2, 0.25) is 0 Å². The van der Waals surface area contributed by atoms with Gasteiger partial charge in [-0.05, 0) is 19.3 Å². The fourth-order valence-corrected chi connectivity index (χ4v) is 1.87. The van der Waals surface area contributed by atoms with Crippen LogP contribution >= 0.6 is 0 Å². The Morgan fingerprint density at radius 1 is 1.08 bits per heavy atom. The lowest BCUT2D eigenvalue weighted by Gasteiger charge is -2.29. The Bertz CT molecular complexity index is 231. The maximum atomic E-state index is 4.40. The van der Waals surface area contributed by atoms with Crippen molar-refractivity contribution in [3.05, 3.63) is 24.3 Å². The topological polar surface area (TPSA) is 25.8 Å². The van der Waals surface area contributed by atoms with Gasteiger partial charge in [-0.3, -0.25) is 9.97 Å². The molecule has 0 aliphatic rings. The van der Waals surface area contributed by atoms with Crippen LogP contribution in [-0.2, 0) is 5.41 Å². The molecule has 1 aromatic heterocycles. The van der Waals surface area contributed by atoms with E-state index >= 15 is 0 Å². The number of hydrogen-bond donors (Lipinski definition) is 0. The molecule has 0 atom stereocenters. The van der Waals surface area contributed by atoms with Gasteiger partial charge >= 0.3 is 0 Å². The Morgan fingerprint density at radius 2 is 1.69 bits per heavy atom. The van der Waals surface area contributed by atoms with Gasteiger partial charge in [-0.15, -0.1) is 0 Å². The minimum atomic E-state index is 0.244. The molecule has 0 radical (unpaired) electrons. The highest BCUT2D eigenvalue weighted by Crippen LogP contribution is 2.32. The van der Waals surface area contributed by atoms with Crippen LogP contribution in [0.5, 0.6) is 0 Å². The average Bonchev–Trinajstić information content (AvgIpc) is 2.23. The van der Waals surface area contributed by atoms with E-state index in [2.05, 4.69) is 30.7 Å². The summed E-state index contributed by atoms with van der Waals surface area (Å²) >= 11 is 0. The minimum absolute atomic E-state index is 0.244. The van der Waals surface area contributed by atoms with E-state index in [-0.39, 0.29) is 5.41 Å². The molecule has 0 aromatic carbocycles. The Morgan fingerprint density at radius 3 is 2.08 bits per heavy atom. The van der Waals surface area contributed by atoms with Crippen LogP contribution in [0.4, 0.5) is 0 Å². The van der Waals surface area contributed by atoms with E-state index < -0.39 is 0 Å². The Balaban J connectivity index is 3.01. The Kier molecular flexibility index (Phi) is 3.40. The third-order valence-corrected chi connectivity index (χ3v) is 3.14. The van der Waals surface area contributed by atoms with Crippen molar-refractivity contribution in [2.45, 2.75) is 45.4 Å². The largest absolute Gasteiger partial charge is 0.261 e. The van der Waals surface area contributed by atoms with Crippen LogP contribution in [-0.4, -0.2) is 9.97 Å². The molecular formula is C11H18N2. The predicted octanol–water partition coefficient (Wildman–Crippen LogP) is 2.94. The SMILES string of the molecule is CCC(CC)(CC)c1cnccn1. The lowest BCUT2D eigenvalue weighted by Crippen LogP contribution is -2.24. The molecule has 1 heterocycles. The van der Waals surface area contributed by atoms with E-state index in [1.165, 1.54) is 0 Å². The van der Waals surface area contributed by atoms with Crippen LogP contribution in [0.1, 0.15) is 45.7 Å². The second-order valence-corrected chi connectivity index (χ2v) is 3.43. The second-order valence-electron chi connectivity index (χ2n) is 3.43. The summed E-state index contributed by atoms with van der Waals surface area (Å²) in [6.07, 6.45) is 8.83. The standard InChI is InChI=1S/C11H18N2/c1-4-11(5-2,6-3)10-9-12-7-8-13-10/h7-9H,4-6H2,1-3H3. The molecule has 0 spiro atoms. The van der Waals surface area contributed by atoms with Gasteiger partial charge in [-0.1, -0.05) is 20.8 Å². The van der Waals surface area contributed by atoms with Crippen molar-refractivity contribution in [1.29, 1.82) is 0 Å². The highest BCUT2D eigenvalue weighted by atomic mass is 14.8. The van der Waals surface area contributed by atoms with Crippen LogP contribution in [0.25, 0.3) is 0 Å². The molecule has 0 aliphatic carbocycles. The first kappa shape index (κ1) is 10.2. The van der Waals surface area contributed by atoms with E-state index in [0.717, 1.165) is 25.0 Å². The van der Waals surface area contributed by atoms with E-state index in [1.807, 2.05) is 6.20 Å². The van der Waals surface area contributed by atoms with Gasteiger partial charge in [0.1, 0.15) is 0 Å². The van der Waals surface area contributed by atoms with Crippen molar-refractivity contribution in [3.63, 3.8) is 0 Å². The van der Waals surface area contributed by atoms with Gasteiger partial charge < -0.3 is 0 Å². The molecule has 0 bridgehead atoms. The van der Waals surface area contributed by atoms with E-state index in [1.54, 1.807) is 12.4 Å². The molecule has 0 amide bonds. The smallest absolute Gasteiger partial charge is 0.0647 e. The molecule has 1 rings (SSSR count). The Labute approximate surface area is 80.4 Å². The summed E-state index contributed by atoms with van der Waals surface area (Å²) in [7, 11) is 0. The summed E-state index contributed by atoms with van der Waals surface area (Å²) in [6, 6.07) is 0. The first-order chi connectivity index (χ1) is 6.29. The molecule has 0 aliphatic heterocycles. The summed E-state index contributed by atoms with van der Waals surface area (Å²) < 4.78 is 0. The average molecular weight is 178 g/mol. The van der Waals surface area contributed by atoms with Crippen molar-refractivity contribution in [1.82, 2.24) is 9.97 Å².